The number of ether oxygens (including phenoxy) is 4. The Morgan fingerprint density at radius 3 is 2.40 bits per heavy atom. The molecule has 1 unspecified atom stereocenters. The number of nitrogens with one attached hydrogen (secondary N) is 1. The Labute approximate surface area is 252 Å². The molecular weight excluding hydrogens is 608 g/mol. The van der Waals surface area contributed by atoms with Crippen LogP contribution in [0.3, 0.4) is 0 Å². The highest BCUT2D eigenvalue weighted by Gasteiger charge is 2.61. The molecule has 1 aliphatic heterocycles. The lowest BCUT2D eigenvalue weighted by Gasteiger charge is -2.38. The van der Waals surface area contributed by atoms with Crippen LogP contribution in [0.2, 0.25) is 5.02 Å². The number of rotatable bonds is 10. The molecule has 232 valence electrons. The molecule has 43 heavy (non-hydrogen) atoms. The Kier molecular flexibility index (Phi) is 8.86. The molecule has 0 saturated heterocycles. The van der Waals surface area contributed by atoms with Crippen LogP contribution in [-0.4, -0.2) is 75.3 Å². The quantitative estimate of drug-likeness (QED) is 0.298. The van der Waals surface area contributed by atoms with E-state index in [2.05, 4.69) is 5.32 Å². The lowest BCUT2D eigenvalue weighted by molar-refractivity contribution is -0.121. The van der Waals surface area contributed by atoms with Gasteiger partial charge in [-0.25, -0.2) is 13.6 Å². The van der Waals surface area contributed by atoms with Gasteiger partial charge in [0, 0.05) is 42.9 Å². The molecule has 1 aliphatic carbocycles. The van der Waals surface area contributed by atoms with Crippen LogP contribution < -0.4 is 29.4 Å². The average Bonchev–Trinajstić information content (AvgIpc) is 3.26. The number of carbonyl (C=O) groups is 3. The van der Waals surface area contributed by atoms with Gasteiger partial charge >= 0.3 is 0 Å². The van der Waals surface area contributed by atoms with Gasteiger partial charge in [-0.1, -0.05) is 24.6 Å². The zero-order chi connectivity index (χ0) is 31.9. The molecule has 0 bridgehead atoms. The van der Waals surface area contributed by atoms with Crippen LogP contribution in [0.15, 0.2) is 35.6 Å². The number of fused-ring (bicyclic) bond motifs is 1. The normalized spacial score (nSPS) is 20.5. The number of methoxy groups -OCH3 is 3. The van der Waals surface area contributed by atoms with Crippen molar-refractivity contribution in [1.29, 1.82) is 0 Å². The number of nitrogens with two attached hydrogens (primary N) is 1. The summed E-state index contributed by atoms with van der Waals surface area (Å²) in [5.74, 6) is -5.35. The molecule has 2 aromatic carbocycles. The van der Waals surface area contributed by atoms with Crippen molar-refractivity contribution in [2.24, 2.45) is 11.1 Å². The summed E-state index contributed by atoms with van der Waals surface area (Å²) in [6.07, 6.45) is -0.720. The fourth-order valence-electron chi connectivity index (χ4n) is 5.43. The van der Waals surface area contributed by atoms with Crippen LogP contribution >= 0.6 is 11.6 Å². The predicted octanol–water partition coefficient (Wildman–Crippen LogP) is 2.38. The molecule has 15 heteroatoms. The number of phenolic OH excluding ortho intramolecular Hbond substituents is 1. The molecule has 13 nitrogen and oxygen atoms in total. The lowest BCUT2D eigenvalue weighted by atomic mass is 9.69. The number of hydrogen-bond donors (Lipinski definition) is 4. The summed E-state index contributed by atoms with van der Waals surface area (Å²) in [4.78, 5) is 40.8. The maximum atomic E-state index is 14.1. The third-order valence-corrected chi connectivity index (χ3v) is 8.70. The average molecular weight is 639 g/mol. The highest BCUT2D eigenvalue weighted by molar-refractivity contribution is 7.89. The first-order chi connectivity index (χ1) is 20.2. The topological polar surface area (TPSA) is 201 Å². The van der Waals surface area contributed by atoms with E-state index in [0.717, 1.165) is 0 Å². The van der Waals surface area contributed by atoms with Crippen molar-refractivity contribution in [3.8, 4) is 28.7 Å². The molecule has 2 aliphatic rings. The Morgan fingerprint density at radius 2 is 1.79 bits per heavy atom. The van der Waals surface area contributed by atoms with E-state index in [1.165, 1.54) is 45.6 Å². The van der Waals surface area contributed by atoms with Gasteiger partial charge in [0.1, 0.15) is 22.1 Å². The van der Waals surface area contributed by atoms with Crippen molar-refractivity contribution in [3.63, 3.8) is 0 Å². The number of aliphatic hydroxyl groups is 1. The van der Waals surface area contributed by atoms with Gasteiger partial charge in [0.05, 0.1) is 27.1 Å². The van der Waals surface area contributed by atoms with Gasteiger partial charge in [0.15, 0.2) is 28.8 Å². The summed E-state index contributed by atoms with van der Waals surface area (Å²) in [6, 6.07) is 5.49. The van der Waals surface area contributed by atoms with E-state index in [4.69, 9.17) is 35.7 Å². The van der Waals surface area contributed by atoms with Crippen molar-refractivity contribution in [1.82, 2.24) is 5.32 Å². The Bertz CT molecular complexity index is 1640. The molecule has 0 saturated carbocycles. The highest BCUT2D eigenvalue weighted by Crippen LogP contribution is 2.56. The summed E-state index contributed by atoms with van der Waals surface area (Å²) < 4.78 is 44.7. The van der Waals surface area contributed by atoms with Gasteiger partial charge in [-0.2, -0.15) is 0 Å². The van der Waals surface area contributed by atoms with Gasteiger partial charge in [0.2, 0.25) is 27.3 Å². The molecular formula is C28H31ClN2O11S. The Hall–Kier alpha value is -4.01. The molecule has 0 fully saturated rings. The van der Waals surface area contributed by atoms with Gasteiger partial charge < -0.3 is 34.5 Å². The zero-order valence-corrected chi connectivity index (χ0v) is 25.3. The number of sulfonamides is 1. The van der Waals surface area contributed by atoms with Crippen LogP contribution in [0.1, 0.15) is 41.6 Å². The second-order valence-corrected chi connectivity index (χ2v) is 12.3. The third-order valence-electron chi connectivity index (χ3n) is 7.56. The maximum Gasteiger partial charge on any atom is 0.231 e. The van der Waals surface area contributed by atoms with Crippen LogP contribution in [-0.2, 0) is 19.6 Å². The second kappa shape index (κ2) is 11.9. The van der Waals surface area contributed by atoms with Crippen molar-refractivity contribution in [2.45, 2.75) is 31.3 Å². The molecule has 0 aromatic heterocycles. The van der Waals surface area contributed by atoms with Crippen LogP contribution in [0, 0.1) is 5.92 Å². The van der Waals surface area contributed by atoms with Gasteiger partial charge in [0.25, 0.3) is 0 Å². The van der Waals surface area contributed by atoms with Crippen molar-refractivity contribution in [3.05, 3.63) is 51.7 Å². The molecule has 5 N–H and O–H groups in total. The zero-order valence-electron chi connectivity index (χ0n) is 23.7. The minimum Gasteiger partial charge on any atom is -0.507 e. The monoisotopic (exact) mass is 638 g/mol. The van der Waals surface area contributed by atoms with E-state index in [1.54, 1.807) is 6.92 Å². The fraction of sp³-hybridized carbons (Fsp3) is 0.393. The molecule has 4 rings (SSSR count). The van der Waals surface area contributed by atoms with Crippen LogP contribution in [0.25, 0.3) is 0 Å². The number of aliphatic hydroxyl groups excluding tert-OH is 1. The number of hydrogen-bond acceptors (Lipinski definition) is 11. The van der Waals surface area contributed by atoms with E-state index in [9.17, 15) is 33.0 Å². The van der Waals surface area contributed by atoms with Gasteiger partial charge in [-0.3, -0.25) is 14.4 Å². The number of phenols is 1. The second-order valence-electron chi connectivity index (χ2n) is 10.2. The van der Waals surface area contributed by atoms with E-state index in [0.29, 0.717) is 0 Å². The number of aromatic hydroxyl groups is 1. The minimum atomic E-state index is -3.87. The van der Waals surface area contributed by atoms with Crippen molar-refractivity contribution in [2.75, 3.05) is 33.6 Å². The summed E-state index contributed by atoms with van der Waals surface area (Å²) in [5.41, 5.74) is -2.16. The number of allylic oxidation sites excluding steroid dienone is 1. The first kappa shape index (κ1) is 31.9. The molecule has 2 aromatic rings. The SMILES string of the molecule is COc1cc(C(CC(=O)NCCS(N)(=O)=O)C2=C(O)[C@@]3(Oc4c(Cl)c(OC)cc(OC)c4C3=O)[C@H](C)CC2=O)ccc1O. The van der Waals surface area contributed by atoms with E-state index in [1.807, 2.05) is 0 Å². The summed E-state index contributed by atoms with van der Waals surface area (Å²) in [7, 11) is 0.134. The van der Waals surface area contributed by atoms with Crippen molar-refractivity contribution < 1.29 is 52.0 Å². The highest BCUT2D eigenvalue weighted by atomic mass is 35.5. The first-order valence-electron chi connectivity index (χ1n) is 13.0. The predicted molar refractivity (Wildman–Crippen MR) is 154 cm³/mol. The maximum absolute atomic E-state index is 14.1. The number of primary sulfonamides is 1. The number of ketones is 2. The fourth-order valence-corrected chi connectivity index (χ4v) is 6.08. The van der Waals surface area contributed by atoms with E-state index in [-0.39, 0.29) is 63.4 Å². The molecule has 3 atom stereocenters. The first-order valence-corrected chi connectivity index (χ1v) is 15.1. The lowest BCUT2D eigenvalue weighted by Crippen LogP contribution is -2.53. The molecule has 0 radical (unpaired) electrons. The minimum absolute atomic E-state index is 0.0211. The number of Topliss-reactive ketones (excluding diaryl/α,β-unsaturated/α-hetero) is 2. The van der Waals surface area contributed by atoms with Crippen LogP contribution in [0.5, 0.6) is 28.7 Å². The number of carbonyl (C=O) groups excluding carboxylic acids is 3. The third kappa shape index (κ3) is 5.69. The van der Waals surface area contributed by atoms with Gasteiger partial charge in [-0.15, -0.1) is 0 Å². The Morgan fingerprint density at radius 1 is 1.14 bits per heavy atom. The summed E-state index contributed by atoms with van der Waals surface area (Å²) >= 11 is 6.50. The number of benzene rings is 2. The number of amides is 1. The van der Waals surface area contributed by atoms with Crippen LogP contribution in [0.4, 0.5) is 0 Å². The smallest absolute Gasteiger partial charge is 0.231 e. The van der Waals surface area contributed by atoms with Crippen molar-refractivity contribution >= 4 is 39.1 Å². The largest absolute Gasteiger partial charge is 0.507 e. The molecule has 1 heterocycles. The van der Waals surface area contributed by atoms with E-state index >= 15 is 0 Å². The Balaban J connectivity index is 1.88. The summed E-state index contributed by atoms with van der Waals surface area (Å²) in [5, 5.41) is 29.4. The summed E-state index contributed by atoms with van der Waals surface area (Å²) in [6.45, 7) is 1.26. The standard InChI is InChI=1S/C28H31ClN2O11S/c1-13-9-17(33)22(26(35)28(13)27(36)23-19(40-3)12-20(41-4)24(29)25(23)42-28)15(11-21(34)31-7-8-43(30,37)38)14-5-6-16(32)18(10-14)39-2/h5-6,10,12-13,15,32,35H,7-9,11H2,1-4H3,(H,31,34)(H2,30,37,38)/t13-,15?,28+/m1/s1. The molecule has 1 amide bonds. The number of halogens is 1. The van der Waals surface area contributed by atoms with E-state index < -0.39 is 62.9 Å². The van der Waals surface area contributed by atoms with Gasteiger partial charge in [-0.05, 0) is 17.7 Å². The molecule has 1 spiro atoms.